The molecule has 0 aromatic heterocycles. The van der Waals surface area contributed by atoms with Crippen LogP contribution < -0.4 is 0 Å². The molecule has 0 bridgehead atoms. The zero-order valence-corrected chi connectivity index (χ0v) is 27.7. The highest BCUT2D eigenvalue weighted by molar-refractivity contribution is 7.75. The summed E-state index contributed by atoms with van der Waals surface area (Å²) in [6.07, 6.45) is 26.4. The van der Waals surface area contributed by atoms with Crippen molar-refractivity contribution in [2.24, 2.45) is 0 Å². The van der Waals surface area contributed by atoms with Gasteiger partial charge in [-0.3, -0.25) is 0 Å². The minimum Gasteiger partial charge on any atom is -0.338 e. The Balaban J connectivity index is 1.48. The normalized spacial score (nSPS) is 23.2. The number of halogens is 1. The molecule has 4 aliphatic carbocycles. The van der Waals surface area contributed by atoms with Gasteiger partial charge in [-0.25, -0.2) is 0 Å². The van der Waals surface area contributed by atoms with Gasteiger partial charge < -0.3 is 9.42 Å². The number of rotatable bonds is 8. The van der Waals surface area contributed by atoms with Crippen molar-refractivity contribution in [1.29, 1.82) is 0 Å². The molecule has 2 nitrogen and oxygen atoms in total. The van der Waals surface area contributed by atoms with Gasteiger partial charge in [-0.05, 0) is 127 Å². The van der Waals surface area contributed by atoms with Gasteiger partial charge in [-0.1, -0.05) is 113 Å². The maximum Gasteiger partial charge on any atom is 0.275 e. The first-order valence-electron chi connectivity index (χ1n) is 17.7. The van der Waals surface area contributed by atoms with E-state index in [2.05, 4.69) is 43.3 Å². The molecule has 1 atom stereocenters. The molecule has 6 rings (SSSR count). The molecule has 4 aliphatic rings. The van der Waals surface area contributed by atoms with E-state index in [4.69, 9.17) is 15.8 Å². The third-order valence-electron chi connectivity index (χ3n) is 11.7. The van der Waals surface area contributed by atoms with Gasteiger partial charge in [0.15, 0.2) is 0 Å². The lowest BCUT2D eigenvalue weighted by Gasteiger charge is -2.39. The zero-order chi connectivity index (χ0) is 28.9. The van der Waals surface area contributed by atoms with E-state index in [1.165, 1.54) is 162 Å². The third kappa shape index (κ3) is 6.98. The fraction of sp³-hybridized carbons (Fsp3) is 0.684. The molecule has 0 heterocycles. The van der Waals surface area contributed by atoms with Crippen LogP contribution in [0.1, 0.15) is 192 Å². The molecule has 0 amide bonds. The number of hydrogen-bond donors (Lipinski definition) is 1. The average Bonchev–Trinajstić information content (AvgIpc) is 3.05. The Morgan fingerprint density at radius 2 is 0.905 bits per heavy atom. The largest absolute Gasteiger partial charge is 0.338 e. The second-order valence-corrected chi connectivity index (χ2v) is 15.9. The van der Waals surface area contributed by atoms with E-state index in [9.17, 15) is 4.89 Å². The first-order valence-corrected chi connectivity index (χ1v) is 19.8. The second-order valence-electron chi connectivity index (χ2n) is 14.4. The second kappa shape index (κ2) is 14.5. The zero-order valence-electron chi connectivity index (χ0n) is 26.1. The summed E-state index contributed by atoms with van der Waals surface area (Å²) in [4.78, 5) is 10.7. The monoisotopic (exact) mass is 608 g/mol. The van der Waals surface area contributed by atoms with Gasteiger partial charge in [0.1, 0.15) is 5.60 Å². The highest BCUT2D eigenvalue weighted by Gasteiger charge is 2.40. The molecule has 0 spiro atoms. The van der Waals surface area contributed by atoms with Crippen LogP contribution in [0, 0.1) is 0 Å². The Hall–Kier alpha value is -0.920. The molecule has 230 valence electrons. The van der Waals surface area contributed by atoms with Gasteiger partial charge in [-0.2, -0.15) is 0 Å². The van der Waals surface area contributed by atoms with Crippen LogP contribution in [0.25, 0.3) is 0 Å². The van der Waals surface area contributed by atoms with Crippen LogP contribution in [0.4, 0.5) is 0 Å². The Bertz CT molecular complexity index is 1070. The molecular formula is C38H54ClO2P. The minimum atomic E-state index is -2.06. The summed E-state index contributed by atoms with van der Waals surface area (Å²) in [5, 5.41) is 0. The van der Waals surface area contributed by atoms with Crippen molar-refractivity contribution >= 4 is 19.0 Å². The summed E-state index contributed by atoms with van der Waals surface area (Å²) in [6.45, 7) is 2.23. The molecule has 42 heavy (non-hydrogen) atoms. The number of hydrogen-bond acceptors (Lipinski definition) is 2. The van der Waals surface area contributed by atoms with E-state index >= 15 is 0 Å². The van der Waals surface area contributed by atoms with Gasteiger partial charge in [0.2, 0.25) is 0 Å². The Morgan fingerprint density at radius 3 is 1.24 bits per heavy atom. The third-order valence-corrected chi connectivity index (χ3v) is 12.4. The summed E-state index contributed by atoms with van der Waals surface area (Å²) < 4.78 is 6.63. The van der Waals surface area contributed by atoms with Crippen molar-refractivity contribution in [2.75, 3.05) is 0 Å². The Morgan fingerprint density at radius 1 is 0.571 bits per heavy atom. The van der Waals surface area contributed by atoms with Gasteiger partial charge >= 0.3 is 0 Å². The molecule has 1 N–H and O–H groups in total. The molecule has 0 radical (unpaired) electrons. The van der Waals surface area contributed by atoms with Gasteiger partial charge in [0, 0.05) is 0 Å². The van der Waals surface area contributed by atoms with E-state index in [0.717, 1.165) is 0 Å². The highest BCUT2D eigenvalue weighted by atomic mass is 35.7. The molecule has 0 saturated heterocycles. The quantitative estimate of drug-likeness (QED) is 0.302. The predicted molar refractivity (Wildman–Crippen MR) is 179 cm³/mol. The lowest BCUT2D eigenvalue weighted by atomic mass is 9.71. The number of benzene rings is 2. The van der Waals surface area contributed by atoms with Gasteiger partial charge in [0.05, 0.1) is 0 Å². The molecule has 4 heteroatoms. The topological polar surface area (TPSA) is 29.5 Å². The minimum absolute atomic E-state index is 0.556. The molecule has 4 saturated carbocycles. The van der Waals surface area contributed by atoms with E-state index in [1.807, 2.05) is 0 Å². The maximum atomic E-state index is 10.7. The van der Waals surface area contributed by atoms with Crippen LogP contribution in [0.5, 0.6) is 0 Å². The van der Waals surface area contributed by atoms with Crippen LogP contribution in [-0.2, 0) is 10.1 Å². The summed E-state index contributed by atoms with van der Waals surface area (Å²) >= 11 is 6.44. The van der Waals surface area contributed by atoms with Crippen LogP contribution >= 0.6 is 19.0 Å². The summed E-state index contributed by atoms with van der Waals surface area (Å²) in [7, 11) is -2.06. The van der Waals surface area contributed by atoms with E-state index in [0.29, 0.717) is 23.7 Å². The van der Waals surface area contributed by atoms with Crippen molar-refractivity contribution in [2.45, 2.75) is 165 Å². The van der Waals surface area contributed by atoms with Crippen molar-refractivity contribution in [3.8, 4) is 0 Å². The van der Waals surface area contributed by atoms with E-state index < -0.39 is 13.3 Å². The molecular weight excluding hydrogens is 555 g/mol. The maximum absolute atomic E-state index is 10.7. The van der Waals surface area contributed by atoms with Crippen molar-refractivity contribution < 1.29 is 9.42 Å². The molecule has 2 aromatic carbocycles. The smallest absolute Gasteiger partial charge is 0.275 e. The van der Waals surface area contributed by atoms with Crippen LogP contribution in [0.3, 0.4) is 0 Å². The van der Waals surface area contributed by atoms with Crippen LogP contribution in [0.2, 0.25) is 0 Å². The summed E-state index contributed by atoms with van der Waals surface area (Å²) in [6, 6.07) is 14.8. The first kappa shape index (κ1) is 31.1. The SMILES string of the molecule is CC(OP(O)Cl)(c1ccc(C2CCCCC2)cc1C1CCCCC1)c1ccc(C2CCCCC2)cc1C1CCCCC1. The first-order chi connectivity index (χ1) is 20.5. The Kier molecular flexibility index (Phi) is 10.7. The highest BCUT2D eigenvalue weighted by Crippen LogP contribution is 2.54. The van der Waals surface area contributed by atoms with Crippen molar-refractivity contribution in [3.63, 3.8) is 0 Å². The van der Waals surface area contributed by atoms with Gasteiger partial charge in [0.25, 0.3) is 7.73 Å². The molecule has 0 aliphatic heterocycles. The molecule has 4 fully saturated rings. The fourth-order valence-electron chi connectivity index (χ4n) is 9.31. The fourth-order valence-corrected chi connectivity index (χ4v) is 10.2. The van der Waals surface area contributed by atoms with Crippen molar-refractivity contribution in [3.05, 3.63) is 69.8 Å². The molecule has 2 aromatic rings. The predicted octanol–water partition coefficient (Wildman–Crippen LogP) is 12.6. The average molecular weight is 609 g/mol. The van der Waals surface area contributed by atoms with Crippen LogP contribution in [0.15, 0.2) is 36.4 Å². The van der Waals surface area contributed by atoms with E-state index in [-0.39, 0.29) is 0 Å². The Labute approximate surface area is 262 Å². The van der Waals surface area contributed by atoms with Crippen molar-refractivity contribution in [1.82, 2.24) is 0 Å². The summed E-state index contributed by atoms with van der Waals surface area (Å²) in [5.41, 5.74) is 7.71. The summed E-state index contributed by atoms with van der Waals surface area (Å²) in [5.74, 6) is 2.47. The molecule has 1 unspecified atom stereocenters. The van der Waals surface area contributed by atoms with E-state index in [1.54, 1.807) is 0 Å². The lowest BCUT2D eigenvalue weighted by molar-refractivity contribution is 0.136. The lowest BCUT2D eigenvalue weighted by Crippen LogP contribution is -2.30. The van der Waals surface area contributed by atoms with Crippen LogP contribution in [-0.4, -0.2) is 4.89 Å². The standard InChI is InChI=1S/C38H54ClO2P/c1-38(41-42(39)40,36-24-22-32(28-14-6-2-7-15-28)26-34(36)30-18-10-4-11-19-30)37-25-23-33(29-16-8-3-9-17-29)27-35(37)31-20-12-5-13-21-31/h22-31,40H,2-21H2,1H3. The van der Waals surface area contributed by atoms with Gasteiger partial charge in [-0.15, -0.1) is 0 Å².